The molecule has 2 atom stereocenters. The minimum Gasteiger partial charge on any atom is -0.508 e. The summed E-state index contributed by atoms with van der Waals surface area (Å²) < 4.78 is 0.985. The molecule has 0 aliphatic rings. The van der Waals surface area contributed by atoms with Gasteiger partial charge in [0.1, 0.15) is 5.75 Å². The van der Waals surface area contributed by atoms with Crippen molar-refractivity contribution in [2.24, 2.45) is 0 Å². The number of aryl methyl sites for hydroxylation is 1. The third-order valence-electron chi connectivity index (χ3n) is 3.80. The van der Waals surface area contributed by atoms with Gasteiger partial charge >= 0.3 is 0 Å². The fraction of sp³-hybridized carbons (Fsp3) is 0.333. The van der Waals surface area contributed by atoms with Crippen LogP contribution in [0.4, 0.5) is 0 Å². The zero-order valence-corrected chi connectivity index (χ0v) is 14.3. The number of halogens is 1. The number of aromatic hydroxyl groups is 1. The third-order valence-corrected chi connectivity index (χ3v) is 4.30. The monoisotopic (exact) mass is 347 g/mol. The van der Waals surface area contributed by atoms with Crippen molar-refractivity contribution in [3.63, 3.8) is 0 Å². The molecule has 0 saturated carbocycles. The van der Waals surface area contributed by atoms with Crippen LogP contribution in [0.15, 0.2) is 46.9 Å². The summed E-state index contributed by atoms with van der Waals surface area (Å²) in [4.78, 5) is 0. The largest absolute Gasteiger partial charge is 0.508 e. The van der Waals surface area contributed by atoms with Crippen LogP contribution in [0.2, 0.25) is 0 Å². The summed E-state index contributed by atoms with van der Waals surface area (Å²) in [6.45, 7) is 6.37. The van der Waals surface area contributed by atoms with Gasteiger partial charge in [0.25, 0.3) is 0 Å². The predicted octanol–water partition coefficient (Wildman–Crippen LogP) is 5.27. The van der Waals surface area contributed by atoms with Crippen LogP contribution in [0.5, 0.6) is 5.75 Å². The molecule has 2 N–H and O–H groups in total. The normalized spacial score (nSPS) is 13.9. The topological polar surface area (TPSA) is 32.3 Å². The van der Waals surface area contributed by atoms with Crippen molar-refractivity contribution in [2.45, 2.75) is 39.3 Å². The Hall–Kier alpha value is -1.32. The maximum absolute atomic E-state index is 10.1. The van der Waals surface area contributed by atoms with Gasteiger partial charge in [-0.05, 0) is 44.0 Å². The van der Waals surface area contributed by atoms with Crippen molar-refractivity contribution < 1.29 is 5.11 Å². The highest BCUT2D eigenvalue weighted by Gasteiger charge is 2.17. The molecule has 0 fully saturated rings. The highest BCUT2D eigenvalue weighted by atomic mass is 79.9. The quantitative estimate of drug-likeness (QED) is 0.772. The second kappa shape index (κ2) is 7.10. The summed E-state index contributed by atoms with van der Waals surface area (Å²) in [5, 5.41) is 13.7. The van der Waals surface area contributed by atoms with Crippen LogP contribution in [0, 0.1) is 6.92 Å². The minimum atomic E-state index is 0.124. The summed E-state index contributed by atoms with van der Waals surface area (Å²) in [6.07, 6.45) is 0.917. The molecule has 0 amide bonds. The van der Waals surface area contributed by atoms with E-state index in [9.17, 15) is 5.11 Å². The second-order valence-corrected chi connectivity index (χ2v) is 6.38. The highest BCUT2D eigenvalue weighted by molar-refractivity contribution is 9.10. The molecule has 0 aromatic heterocycles. The molecule has 3 heteroatoms. The first-order valence-electron chi connectivity index (χ1n) is 7.32. The molecule has 2 aromatic rings. The fourth-order valence-corrected chi connectivity index (χ4v) is 2.86. The molecule has 0 aliphatic carbocycles. The Kier molecular flexibility index (Phi) is 5.43. The van der Waals surface area contributed by atoms with E-state index in [2.05, 4.69) is 66.3 Å². The summed E-state index contributed by atoms with van der Waals surface area (Å²) in [7, 11) is 0. The number of rotatable bonds is 5. The first kappa shape index (κ1) is 16.1. The maximum atomic E-state index is 10.1. The third kappa shape index (κ3) is 4.08. The van der Waals surface area contributed by atoms with Gasteiger partial charge in [0.05, 0.1) is 0 Å². The molecule has 112 valence electrons. The Morgan fingerprint density at radius 3 is 2.43 bits per heavy atom. The van der Waals surface area contributed by atoms with E-state index in [4.69, 9.17) is 0 Å². The average molecular weight is 348 g/mol. The van der Waals surface area contributed by atoms with Gasteiger partial charge in [-0.2, -0.15) is 0 Å². The van der Waals surface area contributed by atoms with E-state index in [0.29, 0.717) is 5.75 Å². The SMILES string of the molecule is CCC(NC(C)c1ccc(C)cc1)c1cc(Br)ccc1O. The summed E-state index contributed by atoms with van der Waals surface area (Å²) in [5.41, 5.74) is 3.46. The molecule has 0 spiro atoms. The lowest BCUT2D eigenvalue weighted by Gasteiger charge is -2.24. The standard InChI is InChI=1S/C18H22BrNO/c1-4-17(16-11-15(19)9-10-18(16)21)20-13(3)14-7-5-12(2)6-8-14/h5-11,13,17,20-21H,4H2,1-3H3. The molecule has 0 bridgehead atoms. The van der Waals surface area contributed by atoms with E-state index in [1.807, 2.05) is 12.1 Å². The van der Waals surface area contributed by atoms with Crippen molar-refractivity contribution in [1.29, 1.82) is 0 Å². The van der Waals surface area contributed by atoms with Crippen LogP contribution in [-0.4, -0.2) is 5.11 Å². The Balaban J connectivity index is 2.18. The first-order valence-corrected chi connectivity index (χ1v) is 8.11. The van der Waals surface area contributed by atoms with Gasteiger partial charge in [-0.3, -0.25) is 0 Å². The van der Waals surface area contributed by atoms with Crippen molar-refractivity contribution in [3.05, 3.63) is 63.6 Å². The average Bonchev–Trinajstić information content (AvgIpc) is 2.48. The van der Waals surface area contributed by atoms with Gasteiger partial charge in [0, 0.05) is 22.1 Å². The van der Waals surface area contributed by atoms with Crippen LogP contribution < -0.4 is 5.32 Å². The Morgan fingerprint density at radius 1 is 1.14 bits per heavy atom. The summed E-state index contributed by atoms with van der Waals surface area (Å²) >= 11 is 3.47. The summed E-state index contributed by atoms with van der Waals surface area (Å²) in [5.74, 6) is 0.341. The van der Waals surface area contributed by atoms with E-state index < -0.39 is 0 Å². The number of phenols is 1. The molecule has 2 unspecified atom stereocenters. The molecule has 0 aliphatic heterocycles. The van der Waals surface area contributed by atoms with Gasteiger partial charge in [-0.25, -0.2) is 0 Å². The van der Waals surface area contributed by atoms with E-state index in [1.54, 1.807) is 6.07 Å². The molecule has 2 rings (SSSR count). The fourth-order valence-electron chi connectivity index (χ4n) is 2.49. The Morgan fingerprint density at radius 2 is 1.81 bits per heavy atom. The molecule has 21 heavy (non-hydrogen) atoms. The molecule has 2 aromatic carbocycles. The zero-order valence-electron chi connectivity index (χ0n) is 12.7. The van der Waals surface area contributed by atoms with Crippen molar-refractivity contribution >= 4 is 15.9 Å². The lowest BCUT2D eigenvalue weighted by Crippen LogP contribution is -2.24. The van der Waals surface area contributed by atoms with Crippen LogP contribution in [-0.2, 0) is 0 Å². The smallest absolute Gasteiger partial charge is 0.120 e. The minimum absolute atomic E-state index is 0.124. The number of phenolic OH excluding ortho intramolecular Hbond substituents is 1. The highest BCUT2D eigenvalue weighted by Crippen LogP contribution is 2.31. The number of benzene rings is 2. The van der Waals surface area contributed by atoms with Gasteiger partial charge in [-0.1, -0.05) is 52.7 Å². The molecular weight excluding hydrogens is 326 g/mol. The lowest BCUT2D eigenvalue weighted by atomic mass is 10.00. The number of hydrogen-bond acceptors (Lipinski definition) is 2. The molecular formula is C18H22BrNO. The lowest BCUT2D eigenvalue weighted by molar-refractivity contribution is 0.419. The van der Waals surface area contributed by atoms with Crippen molar-refractivity contribution in [2.75, 3.05) is 0 Å². The van der Waals surface area contributed by atoms with Gasteiger partial charge < -0.3 is 10.4 Å². The van der Waals surface area contributed by atoms with Gasteiger partial charge in [0.15, 0.2) is 0 Å². The van der Waals surface area contributed by atoms with Crippen molar-refractivity contribution in [3.8, 4) is 5.75 Å². The number of nitrogens with one attached hydrogen (secondary N) is 1. The molecule has 0 heterocycles. The van der Waals surface area contributed by atoms with Crippen LogP contribution in [0.1, 0.15) is 49.0 Å². The van der Waals surface area contributed by atoms with E-state index in [0.717, 1.165) is 16.5 Å². The molecule has 0 radical (unpaired) electrons. The second-order valence-electron chi connectivity index (χ2n) is 5.46. The van der Waals surface area contributed by atoms with E-state index in [-0.39, 0.29) is 12.1 Å². The summed E-state index contributed by atoms with van der Waals surface area (Å²) in [6, 6.07) is 14.5. The zero-order chi connectivity index (χ0) is 15.4. The molecule has 2 nitrogen and oxygen atoms in total. The van der Waals surface area contributed by atoms with Gasteiger partial charge in [-0.15, -0.1) is 0 Å². The maximum Gasteiger partial charge on any atom is 0.120 e. The van der Waals surface area contributed by atoms with E-state index >= 15 is 0 Å². The van der Waals surface area contributed by atoms with Crippen molar-refractivity contribution in [1.82, 2.24) is 5.32 Å². The van der Waals surface area contributed by atoms with Gasteiger partial charge in [0.2, 0.25) is 0 Å². The van der Waals surface area contributed by atoms with Crippen LogP contribution in [0.3, 0.4) is 0 Å². The first-order chi connectivity index (χ1) is 10.0. The van der Waals surface area contributed by atoms with E-state index in [1.165, 1.54) is 11.1 Å². The Labute approximate surface area is 135 Å². The van der Waals surface area contributed by atoms with Crippen LogP contribution >= 0.6 is 15.9 Å². The predicted molar refractivity (Wildman–Crippen MR) is 91.6 cm³/mol. The van der Waals surface area contributed by atoms with Crippen LogP contribution in [0.25, 0.3) is 0 Å². The molecule has 0 saturated heterocycles. The Bertz CT molecular complexity index is 595. The number of hydrogen-bond donors (Lipinski definition) is 2.